The lowest BCUT2D eigenvalue weighted by Gasteiger charge is -2.27. The summed E-state index contributed by atoms with van der Waals surface area (Å²) < 4.78 is 7.26. The summed E-state index contributed by atoms with van der Waals surface area (Å²) in [5, 5.41) is 14.4. The van der Waals surface area contributed by atoms with Crippen LogP contribution in [0.15, 0.2) is 24.5 Å². The Morgan fingerprint density at radius 1 is 1.46 bits per heavy atom. The topological polar surface area (TPSA) is 105 Å². The van der Waals surface area contributed by atoms with E-state index in [1.54, 1.807) is 18.3 Å². The maximum atomic E-state index is 12.1. The van der Waals surface area contributed by atoms with Gasteiger partial charge in [0.05, 0.1) is 24.9 Å². The number of halogens is 1. The summed E-state index contributed by atoms with van der Waals surface area (Å²) in [6, 6.07) is 3.23. The van der Waals surface area contributed by atoms with E-state index in [9.17, 15) is 9.59 Å². The second-order valence-electron chi connectivity index (χ2n) is 5.61. The number of nitrogens with zero attached hydrogens (tertiary/aromatic N) is 2. The Morgan fingerprint density at radius 2 is 2.29 bits per heavy atom. The summed E-state index contributed by atoms with van der Waals surface area (Å²) in [5.74, 6) is -0.223. The Kier molecular flexibility index (Phi) is 4.86. The Hall–Kier alpha value is -2.32. The highest BCUT2D eigenvalue weighted by molar-refractivity contribution is 6.30. The zero-order valence-electron chi connectivity index (χ0n) is 12.7. The molecule has 1 aliphatic heterocycles. The number of nitrogens with one attached hydrogen (secondary N) is 2. The van der Waals surface area contributed by atoms with Crippen LogP contribution in [-0.2, 0) is 16.1 Å². The van der Waals surface area contributed by atoms with E-state index in [1.807, 2.05) is 10.6 Å². The number of carbonyl (C=O) groups excluding carboxylic acids is 1. The highest BCUT2D eigenvalue weighted by atomic mass is 35.5. The summed E-state index contributed by atoms with van der Waals surface area (Å²) in [5.41, 5.74) is 1.43. The van der Waals surface area contributed by atoms with Crippen molar-refractivity contribution in [2.24, 2.45) is 0 Å². The van der Waals surface area contributed by atoms with Gasteiger partial charge in [-0.05, 0) is 25.0 Å². The number of rotatable bonds is 4. The van der Waals surface area contributed by atoms with E-state index < -0.39 is 12.2 Å². The first kappa shape index (κ1) is 16.5. The van der Waals surface area contributed by atoms with Gasteiger partial charge in [0.25, 0.3) is 0 Å². The summed E-state index contributed by atoms with van der Waals surface area (Å²) in [6.07, 6.45) is 3.01. The molecule has 3 heterocycles. The highest BCUT2D eigenvalue weighted by Gasteiger charge is 2.27. The molecule has 1 saturated heterocycles. The van der Waals surface area contributed by atoms with Crippen molar-refractivity contribution < 1.29 is 19.4 Å². The van der Waals surface area contributed by atoms with Gasteiger partial charge in [-0.2, -0.15) is 0 Å². The van der Waals surface area contributed by atoms with Crippen molar-refractivity contribution in [2.75, 3.05) is 6.61 Å². The molecule has 0 aromatic carbocycles. The Balaban J connectivity index is 1.51. The molecular weight excluding hydrogens is 336 g/mol. The van der Waals surface area contributed by atoms with Crippen LogP contribution in [0.3, 0.4) is 0 Å². The van der Waals surface area contributed by atoms with E-state index in [-0.39, 0.29) is 25.1 Å². The molecule has 0 spiro atoms. The third-order valence-electron chi connectivity index (χ3n) is 3.81. The number of fused-ring (bicyclic) bond motifs is 1. The molecule has 1 fully saturated rings. The lowest BCUT2D eigenvalue weighted by atomic mass is 10.0. The molecule has 2 atom stereocenters. The van der Waals surface area contributed by atoms with Gasteiger partial charge in [0.1, 0.15) is 11.8 Å². The molecular formula is C15H17ClN4O4. The van der Waals surface area contributed by atoms with Crippen LogP contribution >= 0.6 is 11.6 Å². The molecule has 0 bridgehead atoms. The molecule has 0 saturated carbocycles. The molecule has 3 rings (SSSR count). The number of aromatic nitrogens is 2. The van der Waals surface area contributed by atoms with Gasteiger partial charge in [-0.3, -0.25) is 4.79 Å². The number of amides is 2. The van der Waals surface area contributed by atoms with Crippen LogP contribution in [0.2, 0.25) is 5.02 Å². The minimum atomic E-state index is -1.08. The van der Waals surface area contributed by atoms with E-state index in [0.29, 0.717) is 29.2 Å². The molecule has 0 radical (unpaired) electrons. The third kappa shape index (κ3) is 3.95. The Morgan fingerprint density at radius 3 is 3.00 bits per heavy atom. The van der Waals surface area contributed by atoms with Gasteiger partial charge in [0, 0.05) is 17.4 Å². The summed E-state index contributed by atoms with van der Waals surface area (Å²) in [4.78, 5) is 27.1. The quantitative estimate of drug-likeness (QED) is 0.771. The van der Waals surface area contributed by atoms with Crippen molar-refractivity contribution in [3.63, 3.8) is 0 Å². The maximum absolute atomic E-state index is 12.1. The maximum Gasteiger partial charge on any atom is 0.404 e. The largest absolute Gasteiger partial charge is 0.465 e. The number of pyridine rings is 1. The van der Waals surface area contributed by atoms with Crippen molar-refractivity contribution in [3.05, 3.63) is 35.2 Å². The Bertz CT molecular complexity index is 755. The molecule has 2 aromatic heterocycles. The minimum Gasteiger partial charge on any atom is -0.465 e. The fourth-order valence-electron chi connectivity index (χ4n) is 2.63. The van der Waals surface area contributed by atoms with E-state index in [0.717, 1.165) is 0 Å². The SMILES string of the molecule is O=C(O)N[C@@H]1CC[C@@H](C(=O)NCc2cn3ccc(Cl)cc3n2)OC1. The standard InChI is InChI=1S/C15H17ClN4O4/c16-9-3-4-20-7-11(18-13(20)5-9)6-17-14(21)12-2-1-10(8-24-12)19-15(22)23/h3-5,7,10,12,19H,1-2,6,8H2,(H,17,21)(H,22,23)/t10-,12+/m1/s1. The van der Waals surface area contributed by atoms with Crippen molar-refractivity contribution in [1.29, 1.82) is 0 Å². The van der Waals surface area contributed by atoms with Crippen molar-refractivity contribution in [1.82, 2.24) is 20.0 Å². The number of ether oxygens (including phenoxy) is 1. The first-order chi connectivity index (χ1) is 11.5. The predicted octanol–water partition coefficient (Wildman–Crippen LogP) is 1.42. The van der Waals surface area contributed by atoms with E-state index in [4.69, 9.17) is 21.4 Å². The van der Waals surface area contributed by atoms with Crippen LogP contribution in [0.1, 0.15) is 18.5 Å². The fraction of sp³-hybridized carbons (Fsp3) is 0.400. The first-order valence-corrected chi connectivity index (χ1v) is 7.91. The van der Waals surface area contributed by atoms with E-state index >= 15 is 0 Å². The molecule has 8 nitrogen and oxygen atoms in total. The lowest BCUT2D eigenvalue weighted by molar-refractivity contribution is -0.136. The number of hydrogen-bond acceptors (Lipinski definition) is 4. The van der Waals surface area contributed by atoms with Gasteiger partial charge < -0.3 is 24.9 Å². The number of imidazole rings is 1. The smallest absolute Gasteiger partial charge is 0.404 e. The lowest BCUT2D eigenvalue weighted by Crippen LogP contribution is -2.46. The average Bonchev–Trinajstić information content (AvgIpc) is 2.94. The van der Waals surface area contributed by atoms with Crippen molar-refractivity contribution in [3.8, 4) is 0 Å². The molecule has 2 amide bonds. The molecule has 3 N–H and O–H groups in total. The normalized spacial score (nSPS) is 20.7. The first-order valence-electron chi connectivity index (χ1n) is 7.53. The van der Waals surface area contributed by atoms with Gasteiger partial charge >= 0.3 is 6.09 Å². The minimum absolute atomic E-state index is 0.192. The van der Waals surface area contributed by atoms with Crippen LogP contribution in [-0.4, -0.2) is 45.2 Å². The predicted molar refractivity (Wildman–Crippen MR) is 86.0 cm³/mol. The van der Waals surface area contributed by atoms with Crippen LogP contribution in [0, 0.1) is 0 Å². The third-order valence-corrected chi connectivity index (χ3v) is 4.05. The summed E-state index contributed by atoms with van der Waals surface area (Å²) in [6.45, 7) is 0.478. The molecule has 9 heteroatoms. The van der Waals surface area contributed by atoms with Gasteiger partial charge in [-0.1, -0.05) is 11.6 Å². The van der Waals surface area contributed by atoms with Crippen LogP contribution in [0.25, 0.3) is 5.65 Å². The van der Waals surface area contributed by atoms with Crippen molar-refractivity contribution >= 4 is 29.2 Å². The van der Waals surface area contributed by atoms with Crippen LogP contribution < -0.4 is 10.6 Å². The number of carbonyl (C=O) groups is 2. The zero-order chi connectivity index (χ0) is 17.1. The molecule has 0 aliphatic carbocycles. The molecule has 128 valence electrons. The second-order valence-corrected chi connectivity index (χ2v) is 6.04. The number of hydrogen-bond donors (Lipinski definition) is 3. The van der Waals surface area contributed by atoms with Crippen LogP contribution in [0.5, 0.6) is 0 Å². The van der Waals surface area contributed by atoms with Gasteiger partial charge in [0.15, 0.2) is 0 Å². The van der Waals surface area contributed by atoms with E-state index in [1.165, 1.54) is 0 Å². The van der Waals surface area contributed by atoms with Crippen molar-refractivity contribution in [2.45, 2.75) is 31.5 Å². The Labute approximate surface area is 142 Å². The monoisotopic (exact) mass is 352 g/mol. The molecule has 1 aliphatic rings. The highest BCUT2D eigenvalue weighted by Crippen LogP contribution is 2.15. The van der Waals surface area contributed by atoms with Gasteiger partial charge in [0.2, 0.25) is 5.91 Å². The van der Waals surface area contributed by atoms with Gasteiger partial charge in [-0.25, -0.2) is 9.78 Å². The molecule has 2 aromatic rings. The van der Waals surface area contributed by atoms with Gasteiger partial charge in [-0.15, -0.1) is 0 Å². The zero-order valence-corrected chi connectivity index (χ0v) is 13.5. The second kappa shape index (κ2) is 7.06. The van der Waals surface area contributed by atoms with E-state index in [2.05, 4.69) is 15.6 Å². The number of carboxylic acid groups (broad SMARTS) is 1. The molecule has 24 heavy (non-hydrogen) atoms. The molecule has 0 unspecified atom stereocenters. The average molecular weight is 353 g/mol. The fourth-order valence-corrected chi connectivity index (χ4v) is 2.79. The summed E-state index contributed by atoms with van der Waals surface area (Å²) >= 11 is 5.92. The summed E-state index contributed by atoms with van der Waals surface area (Å²) in [7, 11) is 0. The van der Waals surface area contributed by atoms with Crippen LogP contribution in [0.4, 0.5) is 4.79 Å².